The molecule has 1 aliphatic rings. The molecular weight excluding hydrogens is 240 g/mol. The molecule has 2 heterocycles. The molecule has 0 aromatic carbocycles. The van der Waals surface area contributed by atoms with E-state index in [0.717, 1.165) is 4.68 Å². The van der Waals surface area contributed by atoms with E-state index in [-0.39, 0.29) is 28.3 Å². The molecule has 0 bridgehead atoms. The third-order valence-electron chi connectivity index (χ3n) is 2.35. The molecule has 15 heavy (non-hydrogen) atoms. The van der Waals surface area contributed by atoms with E-state index in [9.17, 15) is 13.2 Å². The monoisotopic (exact) mass is 248 g/mol. The molecule has 1 aromatic heterocycles. The van der Waals surface area contributed by atoms with E-state index in [1.165, 1.54) is 12.1 Å². The van der Waals surface area contributed by atoms with E-state index in [1.54, 1.807) is 0 Å². The van der Waals surface area contributed by atoms with Crippen LogP contribution in [0.25, 0.3) is 0 Å². The fraction of sp³-hybridized carbons (Fsp3) is 0.500. The van der Waals surface area contributed by atoms with Crippen molar-refractivity contribution in [1.29, 1.82) is 0 Å². The molecular formula is C8H9ClN2O3S. The lowest BCUT2D eigenvalue weighted by molar-refractivity contribution is 0.474. The summed E-state index contributed by atoms with van der Waals surface area (Å²) in [6.07, 6.45) is 0.426. The number of hydrogen-bond donors (Lipinski definition) is 0. The predicted molar refractivity (Wildman–Crippen MR) is 55.8 cm³/mol. The summed E-state index contributed by atoms with van der Waals surface area (Å²) in [5.74, 6) is 0.0819. The number of sulfone groups is 1. The van der Waals surface area contributed by atoms with Crippen molar-refractivity contribution in [2.24, 2.45) is 0 Å². The molecule has 0 aliphatic carbocycles. The average Bonchev–Trinajstić information content (AvgIpc) is 2.50. The van der Waals surface area contributed by atoms with E-state index in [1.807, 2.05) is 0 Å². The maximum Gasteiger partial charge on any atom is 0.267 e. The topological polar surface area (TPSA) is 69.0 Å². The summed E-state index contributed by atoms with van der Waals surface area (Å²) in [5, 5.41) is 4.02. The summed E-state index contributed by atoms with van der Waals surface area (Å²) < 4.78 is 23.6. The largest absolute Gasteiger partial charge is 0.268 e. The summed E-state index contributed by atoms with van der Waals surface area (Å²) in [4.78, 5) is 11.4. The van der Waals surface area contributed by atoms with Gasteiger partial charge in [-0.2, -0.15) is 5.10 Å². The highest BCUT2D eigenvalue weighted by Gasteiger charge is 2.30. The summed E-state index contributed by atoms with van der Waals surface area (Å²) in [7, 11) is -3.02. The van der Waals surface area contributed by atoms with Gasteiger partial charge in [0, 0.05) is 6.07 Å². The first-order valence-corrected chi connectivity index (χ1v) is 6.64. The highest BCUT2D eigenvalue weighted by Crippen LogP contribution is 2.21. The molecule has 1 saturated heterocycles. The lowest BCUT2D eigenvalue weighted by Crippen LogP contribution is -2.27. The quantitative estimate of drug-likeness (QED) is 0.715. The molecule has 0 saturated carbocycles. The molecule has 0 N–H and O–H groups in total. The highest BCUT2D eigenvalue weighted by atomic mass is 35.5. The number of aromatic nitrogens is 2. The summed E-state index contributed by atoms with van der Waals surface area (Å²) in [5.41, 5.74) is -0.318. The molecule has 1 aliphatic heterocycles. The predicted octanol–water partition coefficient (Wildman–Crippen LogP) is 0.256. The van der Waals surface area contributed by atoms with Gasteiger partial charge in [0.05, 0.1) is 17.5 Å². The van der Waals surface area contributed by atoms with E-state index in [4.69, 9.17) is 11.6 Å². The number of rotatable bonds is 1. The number of nitrogens with zero attached hydrogens (tertiary/aromatic N) is 2. The normalized spacial score (nSPS) is 24.2. The Bertz CT molecular complexity index is 537. The maximum absolute atomic E-state index is 11.4. The van der Waals surface area contributed by atoms with Gasteiger partial charge in [0.2, 0.25) is 0 Å². The van der Waals surface area contributed by atoms with E-state index >= 15 is 0 Å². The van der Waals surface area contributed by atoms with Crippen LogP contribution in [0.4, 0.5) is 0 Å². The molecule has 5 nitrogen and oxygen atoms in total. The molecule has 1 unspecified atom stereocenters. The molecule has 1 aromatic rings. The fourth-order valence-electron chi connectivity index (χ4n) is 1.63. The van der Waals surface area contributed by atoms with Crippen LogP contribution in [0.3, 0.4) is 0 Å². The van der Waals surface area contributed by atoms with Gasteiger partial charge in [0.1, 0.15) is 5.15 Å². The minimum atomic E-state index is -3.02. The van der Waals surface area contributed by atoms with Crippen LogP contribution in [0.15, 0.2) is 16.9 Å². The Morgan fingerprint density at radius 1 is 1.47 bits per heavy atom. The second kappa shape index (κ2) is 3.61. The molecule has 0 radical (unpaired) electrons. The second-order valence-electron chi connectivity index (χ2n) is 3.50. The summed E-state index contributed by atoms with van der Waals surface area (Å²) >= 11 is 5.65. The first kappa shape index (κ1) is 10.6. The third-order valence-corrected chi connectivity index (χ3v) is 4.30. The van der Waals surface area contributed by atoms with Crippen LogP contribution in [0.1, 0.15) is 12.5 Å². The summed E-state index contributed by atoms with van der Waals surface area (Å²) in [6, 6.07) is 2.31. The van der Waals surface area contributed by atoms with Crippen LogP contribution < -0.4 is 5.56 Å². The SMILES string of the molecule is O=c1ccc(Cl)nn1C1CCS(=O)(=O)C1. The molecule has 1 fully saturated rings. The highest BCUT2D eigenvalue weighted by molar-refractivity contribution is 7.91. The van der Waals surface area contributed by atoms with E-state index in [2.05, 4.69) is 5.10 Å². The standard InChI is InChI=1S/C8H9ClN2O3S/c9-7-1-2-8(12)11(10-7)6-3-4-15(13,14)5-6/h1-2,6H,3-5H2. The van der Waals surface area contributed by atoms with E-state index < -0.39 is 9.84 Å². The zero-order valence-corrected chi connectivity index (χ0v) is 9.33. The van der Waals surface area contributed by atoms with Crippen LogP contribution in [0, 0.1) is 0 Å². The van der Waals surface area contributed by atoms with Gasteiger partial charge in [-0.05, 0) is 12.5 Å². The molecule has 7 heteroatoms. The average molecular weight is 249 g/mol. The second-order valence-corrected chi connectivity index (χ2v) is 6.11. The third kappa shape index (κ3) is 2.21. The van der Waals surface area contributed by atoms with Crippen molar-refractivity contribution in [3.05, 3.63) is 27.6 Å². The molecule has 2 rings (SSSR count). The number of hydrogen-bond acceptors (Lipinski definition) is 4. The van der Waals surface area contributed by atoms with Crippen molar-refractivity contribution in [2.75, 3.05) is 11.5 Å². The molecule has 0 spiro atoms. The lowest BCUT2D eigenvalue weighted by atomic mass is 10.3. The zero-order chi connectivity index (χ0) is 11.1. The van der Waals surface area contributed by atoms with Crippen LogP contribution in [-0.4, -0.2) is 29.7 Å². The zero-order valence-electron chi connectivity index (χ0n) is 7.76. The van der Waals surface area contributed by atoms with Crippen LogP contribution in [-0.2, 0) is 9.84 Å². The maximum atomic E-state index is 11.4. The van der Waals surface area contributed by atoms with Gasteiger partial charge in [-0.1, -0.05) is 11.6 Å². The molecule has 1 atom stereocenters. The van der Waals surface area contributed by atoms with Gasteiger partial charge in [0.15, 0.2) is 9.84 Å². The Morgan fingerprint density at radius 3 is 2.80 bits per heavy atom. The van der Waals surface area contributed by atoms with Crippen molar-refractivity contribution in [2.45, 2.75) is 12.5 Å². The Kier molecular flexibility index (Phi) is 2.56. The van der Waals surface area contributed by atoms with Crippen molar-refractivity contribution >= 4 is 21.4 Å². The Morgan fingerprint density at radius 2 is 2.20 bits per heavy atom. The van der Waals surface area contributed by atoms with Crippen LogP contribution in [0.2, 0.25) is 5.15 Å². The fourth-order valence-corrected chi connectivity index (χ4v) is 3.47. The first-order valence-electron chi connectivity index (χ1n) is 4.44. The lowest BCUT2D eigenvalue weighted by Gasteiger charge is -2.09. The van der Waals surface area contributed by atoms with Crippen molar-refractivity contribution in [3.8, 4) is 0 Å². The van der Waals surface area contributed by atoms with Crippen LogP contribution in [0.5, 0.6) is 0 Å². The Hall–Kier alpha value is -0.880. The minimum Gasteiger partial charge on any atom is -0.268 e. The number of halogens is 1. The van der Waals surface area contributed by atoms with Gasteiger partial charge in [0.25, 0.3) is 5.56 Å². The van der Waals surface area contributed by atoms with Gasteiger partial charge in [-0.3, -0.25) is 4.79 Å². The van der Waals surface area contributed by atoms with Gasteiger partial charge < -0.3 is 0 Å². The molecule has 0 amide bonds. The Balaban J connectivity index is 2.39. The smallest absolute Gasteiger partial charge is 0.267 e. The first-order chi connectivity index (χ1) is 6.98. The van der Waals surface area contributed by atoms with Gasteiger partial charge in [-0.25, -0.2) is 13.1 Å². The van der Waals surface area contributed by atoms with Crippen molar-refractivity contribution in [3.63, 3.8) is 0 Å². The van der Waals surface area contributed by atoms with Crippen molar-refractivity contribution < 1.29 is 8.42 Å². The molecule has 82 valence electrons. The minimum absolute atomic E-state index is 0.0275. The van der Waals surface area contributed by atoms with E-state index in [0.29, 0.717) is 6.42 Å². The van der Waals surface area contributed by atoms with Crippen molar-refractivity contribution in [1.82, 2.24) is 9.78 Å². The van der Waals surface area contributed by atoms with Gasteiger partial charge >= 0.3 is 0 Å². The Labute approximate surface area is 91.6 Å². The van der Waals surface area contributed by atoms with Gasteiger partial charge in [-0.15, -0.1) is 0 Å². The summed E-state index contributed by atoms with van der Waals surface area (Å²) in [6.45, 7) is 0. The van der Waals surface area contributed by atoms with Crippen LogP contribution >= 0.6 is 11.6 Å².